The zero-order valence-corrected chi connectivity index (χ0v) is 8.21. The second kappa shape index (κ2) is 3.15. The SMILES string of the molecule is OCc1cc(C2CC2)ncc1Br. The lowest BCUT2D eigenvalue weighted by Crippen LogP contribution is -1.92. The quantitative estimate of drug-likeness (QED) is 0.841. The summed E-state index contributed by atoms with van der Waals surface area (Å²) >= 11 is 3.34. The molecule has 2 rings (SSSR count). The van der Waals surface area contributed by atoms with Crippen LogP contribution in [0.4, 0.5) is 0 Å². The molecule has 0 amide bonds. The first-order valence-electron chi connectivity index (χ1n) is 4.06. The summed E-state index contributed by atoms with van der Waals surface area (Å²) in [7, 11) is 0. The predicted octanol–water partition coefficient (Wildman–Crippen LogP) is 2.21. The van der Waals surface area contributed by atoms with Crippen LogP contribution in [0, 0.1) is 0 Å². The highest BCUT2D eigenvalue weighted by Gasteiger charge is 2.25. The van der Waals surface area contributed by atoms with Crippen molar-refractivity contribution in [1.82, 2.24) is 4.98 Å². The van der Waals surface area contributed by atoms with E-state index in [1.807, 2.05) is 6.07 Å². The molecular weight excluding hydrogens is 218 g/mol. The summed E-state index contributed by atoms with van der Waals surface area (Å²) < 4.78 is 0.898. The maximum absolute atomic E-state index is 8.99. The molecule has 0 atom stereocenters. The van der Waals surface area contributed by atoms with E-state index in [1.165, 1.54) is 12.8 Å². The molecule has 0 saturated heterocycles. The van der Waals surface area contributed by atoms with Crippen LogP contribution < -0.4 is 0 Å². The van der Waals surface area contributed by atoms with Gasteiger partial charge in [0.05, 0.1) is 6.61 Å². The Hall–Kier alpha value is -0.410. The van der Waals surface area contributed by atoms with Crippen molar-refractivity contribution in [2.24, 2.45) is 0 Å². The van der Waals surface area contributed by atoms with Crippen LogP contribution in [0.15, 0.2) is 16.7 Å². The molecule has 0 aliphatic heterocycles. The minimum Gasteiger partial charge on any atom is -0.392 e. The van der Waals surface area contributed by atoms with Gasteiger partial charge < -0.3 is 5.11 Å². The average molecular weight is 228 g/mol. The molecule has 0 bridgehead atoms. The average Bonchev–Trinajstić information content (AvgIpc) is 2.88. The van der Waals surface area contributed by atoms with E-state index in [0.717, 1.165) is 15.7 Å². The monoisotopic (exact) mass is 227 g/mol. The van der Waals surface area contributed by atoms with E-state index < -0.39 is 0 Å². The number of rotatable bonds is 2. The zero-order chi connectivity index (χ0) is 8.55. The molecule has 2 nitrogen and oxygen atoms in total. The summed E-state index contributed by atoms with van der Waals surface area (Å²) in [5, 5.41) is 8.99. The zero-order valence-electron chi connectivity index (χ0n) is 6.63. The van der Waals surface area contributed by atoms with E-state index in [9.17, 15) is 0 Å². The van der Waals surface area contributed by atoms with Gasteiger partial charge in [-0.1, -0.05) is 0 Å². The van der Waals surface area contributed by atoms with Gasteiger partial charge in [0.15, 0.2) is 0 Å². The second-order valence-electron chi connectivity index (χ2n) is 3.13. The molecular formula is C9H10BrNO. The number of aliphatic hydroxyl groups is 1. The van der Waals surface area contributed by atoms with Gasteiger partial charge in [0.1, 0.15) is 0 Å². The minimum atomic E-state index is 0.0861. The molecule has 0 unspecified atom stereocenters. The fourth-order valence-electron chi connectivity index (χ4n) is 1.22. The summed E-state index contributed by atoms with van der Waals surface area (Å²) in [6.45, 7) is 0.0861. The Morgan fingerprint density at radius 3 is 2.92 bits per heavy atom. The van der Waals surface area contributed by atoms with Crippen LogP contribution in [0.5, 0.6) is 0 Å². The van der Waals surface area contributed by atoms with Crippen LogP contribution in [-0.2, 0) is 6.61 Å². The van der Waals surface area contributed by atoms with E-state index in [2.05, 4.69) is 20.9 Å². The van der Waals surface area contributed by atoms with Crippen LogP contribution in [-0.4, -0.2) is 10.1 Å². The topological polar surface area (TPSA) is 33.1 Å². The number of nitrogens with zero attached hydrogens (tertiary/aromatic N) is 1. The molecule has 1 aromatic rings. The third-order valence-corrected chi connectivity index (χ3v) is 2.84. The lowest BCUT2D eigenvalue weighted by Gasteiger charge is -2.02. The fourth-order valence-corrected chi connectivity index (χ4v) is 1.56. The standard InChI is InChI=1S/C9H10BrNO/c10-8-4-11-9(6-1-2-6)3-7(8)5-12/h3-4,6,12H,1-2,5H2. The highest BCUT2D eigenvalue weighted by atomic mass is 79.9. The Kier molecular flexibility index (Phi) is 2.15. The molecule has 3 heteroatoms. The van der Waals surface area contributed by atoms with Crippen molar-refractivity contribution in [3.8, 4) is 0 Å². The smallest absolute Gasteiger partial charge is 0.0694 e. The summed E-state index contributed by atoms with van der Waals surface area (Å²) in [4.78, 5) is 4.29. The molecule has 1 heterocycles. The lowest BCUT2D eigenvalue weighted by molar-refractivity contribution is 0.281. The molecule has 64 valence electrons. The van der Waals surface area contributed by atoms with Crippen molar-refractivity contribution in [3.05, 3.63) is 28.0 Å². The van der Waals surface area contributed by atoms with Crippen molar-refractivity contribution in [2.75, 3.05) is 0 Å². The molecule has 1 aliphatic rings. The van der Waals surface area contributed by atoms with Crippen molar-refractivity contribution in [3.63, 3.8) is 0 Å². The van der Waals surface area contributed by atoms with Gasteiger partial charge in [0.25, 0.3) is 0 Å². The lowest BCUT2D eigenvalue weighted by atomic mass is 10.2. The first kappa shape index (κ1) is 8.20. The molecule has 0 spiro atoms. The van der Waals surface area contributed by atoms with Crippen molar-refractivity contribution >= 4 is 15.9 Å². The second-order valence-corrected chi connectivity index (χ2v) is 3.99. The summed E-state index contributed by atoms with van der Waals surface area (Å²) in [5.41, 5.74) is 2.06. The van der Waals surface area contributed by atoms with Gasteiger partial charge in [-0.15, -0.1) is 0 Å². The minimum absolute atomic E-state index is 0.0861. The van der Waals surface area contributed by atoms with Gasteiger partial charge in [-0.05, 0) is 40.4 Å². The van der Waals surface area contributed by atoms with Gasteiger partial charge in [0, 0.05) is 22.3 Å². The maximum atomic E-state index is 8.99. The number of hydrogen-bond acceptors (Lipinski definition) is 2. The number of aliphatic hydroxyl groups excluding tert-OH is 1. The van der Waals surface area contributed by atoms with E-state index in [4.69, 9.17) is 5.11 Å². The van der Waals surface area contributed by atoms with Gasteiger partial charge in [-0.3, -0.25) is 4.98 Å². The third kappa shape index (κ3) is 1.52. The van der Waals surface area contributed by atoms with Gasteiger partial charge in [0.2, 0.25) is 0 Å². The Morgan fingerprint density at radius 1 is 1.58 bits per heavy atom. The highest BCUT2D eigenvalue weighted by molar-refractivity contribution is 9.10. The number of aromatic nitrogens is 1. The summed E-state index contributed by atoms with van der Waals surface area (Å²) in [6, 6.07) is 1.99. The van der Waals surface area contributed by atoms with Crippen LogP contribution in [0.2, 0.25) is 0 Å². The van der Waals surface area contributed by atoms with Gasteiger partial charge in [-0.2, -0.15) is 0 Å². The molecule has 0 aromatic carbocycles. The summed E-state index contributed by atoms with van der Waals surface area (Å²) in [6.07, 6.45) is 4.28. The molecule has 1 aliphatic carbocycles. The van der Waals surface area contributed by atoms with E-state index in [-0.39, 0.29) is 6.61 Å². The number of hydrogen-bond donors (Lipinski definition) is 1. The van der Waals surface area contributed by atoms with E-state index in [1.54, 1.807) is 6.20 Å². The molecule has 1 saturated carbocycles. The Balaban J connectivity index is 2.33. The number of halogens is 1. The van der Waals surface area contributed by atoms with Crippen LogP contribution >= 0.6 is 15.9 Å². The maximum Gasteiger partial charge on any atom is 0.0694 e. The highest BCUT2D eigenvalue weighted by Crippen LogP contribution is 2.39. The van der Waals surface area contributed by atoms with E-state index in [0.29, 0.717) is 5.92 Å². The predicted molar refractivity (Wildman–Crippen MR) is 49.8 cm³/mol. The molecule has 1 aromatic heterocycles. The van der Waals surface area contributed by atoms with Gasteiger partial charge >= 0.3 is 0 Å². The van der Waals surface area contributed by atoms with Gasteiger partial charge in [-0.25, -0.2) is 0 Å². The van der Waals surface area contributed by atoms with Crippen LogP contribution in [0.1, 0.15) is 30.0 Å². The first-order valence-corrected chi connectivity index (χ1v) is 4.85. The molecule has 0 radical (unpaired) electrons. The molecule has 1 fully saturated rings. The van der Waals surface area contributed by atoms with Crippen molar-refractivity contribution < 1.29 is 5.11 Å². The summed E-state index contributed by atoms with van der Waals surface area (Å²) in [5.74, 6) is 0.656. The Morgan fingerprint density at radius 2 is 2.33 bits per heavy atom. The Bertz CT molecular complexity index is 297. The normalized spacial score (nSPS) is 16.5. The van der Waals surface area contributed by atoms with Crippen molar-refractivity contribution in [2.45, 2.75) is 25.4 Å². The third-order valence-electron chi connectivity index (χ3n) is 2.12. The van der Waals surface area contributed by atoms with Crippen LogP contribution in [0.25, 0.3) is 0 Å². The first-order chi connectivity index (χ1) is 5.81. The largest absolute Gasteiger partial charge is 0.392 e. The van der Waals surface area contributed by atoms with Crippen molar-refractivity contribution in [1.29, 1.82) is 0 Å². The Labute approximate surface area is 79.8 Å². The van der Waals surface area contributed by atoms with Crippen LogP contribution in [0.3, 0.4) is 0 Å². The fraction of sp³-hybridized carbons (Fsp3) is 0.444. The number of pyridine rings is 1. The molecule has 12 heavy (non-hydrogen) atoms. The molecule has 1 N–H and O–H groups in total. The van der Waals surface area contributed by atoms with E-state index >= 15 is 0 Å².